The average Bonchev–Trinajstić information content (AvgIpc) is 2.33. The number of carbonyl (C=O) groups is 1. The van der Waals surface area contributed by atoms with Crippen LogP contribution in [0.2, 0.25) is 0 Å². The van der Waals surface area contributed by atoms with E-state index < -0.39 is 43.2 Å². The Morgan fingerprint density at radius 2 is 1.45 bits per heavy atom. The van der Waals surface area contributed by atoms with Crippen LogP contribution in [0.1, 0.15) is 0 Å². The highest BCUT2D eigenvalue weighted by Crippen LogP contribution is 2.48. The first-order valence-corrected chi connectivity index (χ1v) is 4.81. The largest absolute Gasteiger partial charge is 0.467 e. The molecule has 0 aliphatic rings. The second kappa shape index (κ2) is 6.44. The lowest BCUT2D eigenvalue weighted by Crippen LogP contribution is -2.56. The summed E-state index contributed by atoms with van der Waals surface area (Å²) in [4.78, 5) is 10.4. The van der Waals surface area contributed by atoms with E-state index >= 15 is 0 Å². The fraction of sp³-hybridized carbons (Fsp3) is 0.875. The first-order chi connectivity index (χ1) is 9.58. The topological polar surface area (TPSA) is 44.8 Å². The van der Waals surface area contributed by atoms with Gasteiger partial charge in [0.15, 0.2) is 6.61 Å². The zero-order valence-corrected chi connectivity index (χ0v) is 10.2. The smallest absolute Gasteiger partial charge is 0.462 e. The summed E-state index contributed by atoms with van der Waals surface area (Å²) >= 11 is 0. The third-order valence-electron chi connectivity index (χ3n) is 1.85. The molecule has 0 N–H and O–H groups in total. The molecule has 0 aliphatic carbocycles. The molecule has 1 unspecified atom stereocenters. The number of rotatable bonds is 7. The van der Waals surface area contributed by atoms with Gasteiger partial charge >= 0.3 is 30.3 Å². The van der Waals surface area contributed by atoms with Crippen molar-refractivity contribution in [3.05, 3.63) is 0 Å². The predicted molar refractivity (Wildman–Crippen MR) is 44.8 cm³/mol. The van der Waals surface area contributed by atoms with Gasteiger partial charge in [0, 0.05) is 0 Å². The normalized spacial score (nSPS) is 15.6. The van der Waals surface area contributed by atoms with Crippen molar-refractivity contribution in [2.45, 2.75) is 30.7 Å². The maximum Gasteiger partial charge on any atom is 0.462 e. The molecule has 0 radical (unpaired) electrons. The van der Waals surface area contributed by atoms with E-state index in [-0.39, 0.29) is 0 Å². The zero-order chi connectivity index (χ0) is 18.0. The molecule has 0 spiro atoms. The Bertz CT molecular complexity index is 393. The number of ether oxygens (including phenoxy) is 3. The van der Waals surface area contributed by atoms with Crippen LogP contribution in [0.3, 0.4) is 0 Å². The van der Waals surface area contributed by atoms with Crippen LogP contribution in [-0.4, -0.2) is 50.4 Å². The van der Waals surface area contributed by atoms with Crippen LogP contribution in [0.5, 0.6) is 0 Å². The molecule has 0 aromatic heterocycles. The van der Waals surface area contributed by atoms with E-state index in [4.69, 9.17) is 0 Å². The average molecular weight is 356 g/mol. The van der Waals surface area contributed by atoms with E-state index in [0.717, 1.165) is 0 Å². The van der Waals surface area contributed by atoms with Crippen molar-refractivity contribution >= 4 is 5.97 Å². The number of esters is 1. The van der Waals surface area contributed by atoms with Crippen molar-refractivity contribution in [2.75, 3.05) is 13.7 Å². The van der Waals surface area contributed by atoms with Gasteiger partial charge in [0.1, 0.15) is 0 Å². The summed E-state index contributed by atoms with van der Waals surface area (Å²) in [5.74, 6) is -8.50. The quantitative estimate of drug-likeness (QED) is 0.520. The summed E-state index contributed by atoms with van der Waals surface area (Å²) in [5.41, 5.74) is 0. The van der Waals surface area contributed by atoms with Crippen LogP contribution in [0.25, 0.3) is 0 Å². The summed E-state index contributed by atoms with van der Waals surface area (Å²) in [6.45, 7) is -1.71. The van der Waals surface area contributed by atoms with Gasteiger partial charge in [0.05, 0.1) is 7.11 Å². The number of hydrogen-bond donors (Lipinski definition) is 0. The van der Waals surface area contributed by atoms with Gasteiger partial charge in [-0.1, -0.05) is 0 Å². The lowest BCUT2D eigenvalue weighted by Gasteiger charge is -2.30. The molecule has 0 aromatic rings. The van der Waals surface area contributed by atoms with Crippen LogP contribution in [-0.2, 0) is 19.0 Å². The lowest BCUT2D eigenvalue weighted by atomic mass is 10.3. The summed E-state index contributed by atoms with van der Waals surface area (Å²) in [6, 6.07) is 0. The van der Waals surface area contributed by atoms with Crippen molar-refractivity contribution in [1.29, 1.82) is 0 Å². The van der Waals surface area contributed by atoms with Gasteiger partial charge in [0.2, 0.25) is 0 Å². The molecular formula is C8H6F10O4. The van der Waals surface area contributed by atoms with Gasteiger partial charge in [0.25, 0.3) is 6.36 Å². The van der Waals surface area contributed by atoms with Crippen molar-refractivity contribution in [3.8, 4) is 0 Å². The van der Waals surface area contributed by atoms with Crippen molar-refractivity contribution in [2.24, 2.45) is 0 Å². The number of methoxy groups -OCH3 is 1. The Morgan fingerprint density at radius 3 is 1.82 bits per heavy atom. The highest BCUT2D eigenvalue weighted by molar-refractivity contribution is 5.70. The van der Waals surface area contributed by atoms with E-state index in [1.807, 2.05) is 0 Å². The van der Waals surface area contributed by atoms with Gasteiger partial charge in [-0.3, -0.25) is 4.74 Å². The van der Waals surface area contributed by atoms with Gasteiger partial charge < -0.3 is 9.47 Å². The van der Waals surface area contributed by atoms with Crippen molar-refractivity contribution < 1.29 is 62.9 Å². The van der Waals surface area contributed by atoms with Crippen molar-refractivity contribution in [1.82, 2.24) is 0 Å². The first kappa shape index (κ1) is 20.7. The van der Waals surface area contributed by atoms with E-state index in [1.165, 1.54) is 0 Å². The molecule has 0 rings (SSSR count). The number of carbonyl (C=O) groups excluding carboxylic acids is 1. The summed E-state index contributed by atoms with van der Waals surface area (Å²) < 4.78 is 132. The fourth-order valence-electron chi connectivity index (χ4n) is 0.717. The van der Waals surface area contributed by atoms with Gasteiger partial charge in [-0.05, 0) is 0 Å². The number of halogens is 10. The third-order valence-corrected chi connectivity index (χ3v) is 1.85. The van der Waals surface area contributed by atoms with Gasteiger partial charge in [-0.2, -0.15) is 39.5 Å². The van der Waals surface area contributed by atoms with Crippen LogP contribution in [0.15, 0.2) is 0 Å². The van der Waals surface area contributed by atoms with E-state index in [9.17, 15) is 48.7 Å². The Morgan fingerprint density at radius 1 is 1.00 bits per heavy atom. The Hall–Kier alpha value is -1.31. The summed E-state index contributed by atoms with van der Waals surface area (Å²) in [5, 5.41) is 0. The van der Waals surface area contributed by atoms with E-state index in [1.54, 1.807) is 0 Å². The highest BCUT2D eigenvalue weighted by Gasteiger charge is 2.76. The van der Waals surface area contributed by atoms with E-state index in [2.05, 4.69) is 14.2 Å². The lowest BCUT2D eigenvalue weighted by molar-refractivity contribution is -0.464. The molecule has 0 saturated carbocycles. The molecule has 0 bridgehead atoms. The minimum atomic E-state index is -6.96. The summed E-state index contributed by atoms with van der Waals surface area (Å²) in [6.07, 6.45) is -23.7. The maximum absolute atomic E-state index is 12.7. The van der Waals surface area contributed by atoms with Crippen molar-refractivity contribution in [3.63, 3.8) is 0 Å². The Balaban J connectivity index is 5.01. The number of hydrogen-bond acceptors (Lipinski definition) is 4. The van der Waals surface area contributed by atoms with Crippen LogP contribution in [0, 0.1) is 0 Å². The van der Waals surface area contributed by atoms with Crippen LogP contribution >= 0.6 is 0 Å². The SMILES string of the molecule is COC(=O)COC(F)(F)C(F)OC(F)(F)C(F)(F)C(F)(F)F. The molecule has 22 heavy (non-hydrogen) atoms. The minimum absolute atomic E-state index is 0.672. The second-order valence-corrected chi connectivity index (χ2v) is 3.45. The van der Waals surface area contributed by atoms with Gasteiger partial charge in [-0.15, -0.1) is 0 Å². The third kappa shape index (κ3) is 4.59. The minimum Gasteiger partial charge on any atom is -0.467 e. The Labute approximate surface area is 114 Å². The number of alkyl halides is 10. The molecule has 0 fully saturated rings. The summed E-state index contributed by atoms with van der Waals surface area (Å²) in [7, 11) is 0.672. The van der Waals surface area contributed by atoms with Crippen LogP contribution < -0.4 is 0 Å². The molecule has 132 valence electrons. The first-order valence-electron chi connectivity index (χ1n) is 4.81. The molecular weight excluding hydrogens is 350 g/mol. The maximum atomic E-state index is 12.7. The standard InChI is InChI=1S/C8H6F10O4/c1-20-3(19)2-21-5(10,11)4(9)22-8(17,18)6(12,13)7(14,15)16/h4H,2H2,1H3. The Kier molecular flexibility index (Phi) is 6.05. The highest BCUT2D eigenvalue weighted by atomic mass is 19.4. The molecule has 0 aliphatic heterocycles. The van der Waals surface area contributed by atoms with E-state index in [0.29, 0.717) is 7.11 Å². The molecule has 0 amide bonds. The fourth-order valence-corrected chi connectivity index (χ4v) is 0.717. The van der Waals surface area contributed by atoms with Gasteiger partial charge in [-0.25, -0.2) is 9.18 Å². The molecule has 4 nitrogen and oxygen atoms in total. The molecule has 0 saturated heterocycles. The monoisotopic (exact) mass is 356 g/mol. The molecule has 0 heterocycles. The second-order valence-electron chi connectivity index (χ2n) is 3.45. The molecule has 0 aromatic carbocycles. The molecule has 14 heteroatoms. The predicted octanol–water partition coefficient (Wildman–Crippen LogP) is 2.87. The zero-order valence-electron chi connectivity index (χ0n) is 10.2. The van der Waals surface area contributed by atoms with Crippen LogP contribution in [0.4, 0.5) is 43.9 Å². The molecule has 1 atom stereocenters.